The molecule has 1 saturated heterocycles. The lowest BCUT2D eigenvalue weighted by Gasteiger charge is -2.28. The quantitative estimate of drug-likeness (QED) is 0.890. The fourth-order valence-corrected chi connectivity index (χ4v) is 2.49. The highest BCUT2D eigenvalue weighted by Crippen LogP contribution is 2.33. The van der Waals surface area contributed by atoms with Gasteiger partial charge < -0.3 is 10.0 Å². The number of carbonyl (C=O) groups excluding carboxylic acids is 1. The molecule has 1 aromatic rings. The van der Waals surface area contributed by atoms with Crippen molar-refractivity contribution < 1.29 is 9.90 Å². The van der Waals surface area contributed by atoms with Gasteiger partial charge >= 0.3 is 0 Å². The van der Waals surface area contributed by atoms with Crippen molar-refractivity contribution in [3.8, 4) is 0 Å². The topological polar surface area (TPSA) is 40.5 Å². The second kappa shape index (κ2) is 4.73. The van der Waals surface area contributed by atoms with Gasteiger partial charge in [-0.25, -0.2) is 0 Å². The molecule has 1 fully saturated rings. The van der Waals surface area contributed by atoms with Crippen molar-refractivity contribution in [2.75, 3.05) is 6.54 Å². The van der Waals surface area contributed by atoms with E-state index in [-0.39, 0.29) is 17.9 Å². The van der Waals surface area contributed by atoms with Crippen LogP contribution in [0.5, 0.6) is 0 Å². The minimum atomic E-state index is -0.791. The fourth-order valence-electron chi connectivity index (χ4n) is 2.49. The summed E-state index contributed by atoms with van der Waals surface area (Å²) in [7, 11) is 0. The van der Waals surface area contributed by atoms with Gasteiger partial charge in [-0.2, -0.15) is 0 Å². The number of likely N-dealkylation sites (tertiary alicyclic amines) is 1. The predicted molar refractivity (Wildman–Crippen MR) is 71.0 cm³/mol. The third kappa shape index (κ3) is 2.56. The molecule has 0 bridgehead atoms. The zero-order valence-corrected chi connectivity index (χ0v) is 11.3. The van der Waals surface area contributed by atoms with E-state index in [4.69, 9.17) is 0 Å². The highest BCUT2D eigenvalue weighted by atomic mass is 16.3. The number of amides is 1. The van der Waals surface area contributed by atoms with Crippen molar-refractivity contribution in [2.24, 2.45) is 5.92 Å². The van der Waals surface area contributed by atoms with Gasteiger partial charge in [0.2, 0.25) is 5.91 Å². The van der Waals surface area contributed by atoms with Crippen LogP contribution in [0.3, 0.4) is 0 Å². The summed E-state index contributed by atoms with van der Waals surface area (Å²) in [5.74, 6) is 0.162. The highest BCUT2D eigenvalue weighted by Gasteiger charge is 2.40. The van der Waals surface area contributed by atoms with Crippen LogP contribution in [0.4, 0.5) is 0 Å². The van der Waals surface area contributed by atoms with E-state index < -0.39 is 5.60 Å². The fraction of sp³-hybridized carbons (Fsp3) is 0.533. The Morgan fingerprint density at radius 2 is 1.94 bits per heavy atom. The van der Waals surface area contributed by atoms with E-state index in [0.717, 1.165) is 5.56 Å². The summed E-state index contributed by atoms with van der Waals surface area (Å²) in [4.78, 5) is 13.9. The van der Waals surface area contributed by atoms with Crippen LogP contribution in [0.15, 0.2) is 30.3 Å². The van der Waals surface area contributed by atoms with Crippen molar-refractivity contribution in [1.29, 1.82) is 0 Å². The van der Waals surface area contributed by atoms with Crippen LogP contribution < -0.4 is 0 Å². The van der Waals surface area contributed by atoms with Crippen molar-refractivity contribution in [2.45, 2.75) is 38.8 Å². The summed E-state index contributed by atoms with van der Waals surface area (Å²) in [6.45, 7) is 6.24. The zero-order chi connectivity index (χ0) is 13.3. The van der Waals surface area contributed by atoms with Gasteiger partial charge in [-0.1, -0.05) is 30.3 Å². The third-order valence-corrected chi connectivity index (χ3v) is 3.91. The van der Waals surface area contributed by atoms with E-state index in [1.54, 1.807) is 13.8 Å². The molecule has 1 amide bonds. The summed E-state index contributed by atoms with van der Waals surface area (Å²) in [6.07, 6.45) is 0.445. The Labute approximate surface area is 108 Å². The molecular weight excluding hydrogens is 226 g/mol. The van der Waals surface area contributed by atoms with Gasteiger partial charge in [0.25, 0.3) is 0 Å². The molecule has 3 nitrogen and oxygen atoms in total. The summed E-state index contributed by atoms with van der Waals surface area (Å²) < 4.78 is 0. The average molecular weight is 247 g/mol. The van der Waals surface area contributed by atoms with Gasteiger partial charge in [-0.05, 0) is 26.3 Å². The molecule has 1 heterocycles. The van der Waals surface area contributed by atoms with Crippen molar-refractivity contribution >= 4 is 5.91 Å². The number of nitrogens with zero attached hydrogens (tertiary/aromatic N) is 1. The number of benzene rings is 1. The predicted octanol–water partition coefficient (Wildman–Crippen LogP) is 2.37. The third-order valence-electron chi connectivity index (χ3n) is 3.91. The molecule has 0 aromatic heterocycles. The lowest BCUT2D eigenvalue weighted by atomic mass is 9.90. The first-order chi connectivity index (χ1) is 8.39. The molecule has 0 saturated carbocycles. The van der Waals surface area contributed by atoms with E-state index in [2.05, 4.69) is 0 Å². The molecule has 1 N–H and O–H groups in total. The molecule has 1 aliphatic rings. The summed E-state index contributed by atoms with van der Waals surface area (Å²) >= 11 is 0. The van der Waals surface area contributed by atoms with Gasteiger partial charge in [0, 0.05) is 18.9 Å². The molecule has 1 aromatic carbocycles. The molecule has 3 heteroatoms. The Hall–Kier alpha value is -1.35. The van der Waals surface area contributed by atoms with Crippen LogP contribution in [0.2, 0.25) is 0 Å². The summed E-state index contributed by atoms with van der Waals surface area (Å²) in [5.41, 5.74) is 0.350. The SMILES string of the molecule is CC(c1ccccc1)N1C[C@@H](C(C)(C)O)CC1=O. The average Bonchev–Trinajstić information content (AvgIpc) is 2.71. The van der Waals surface area contributed by atoms with E-state index in [1.165, 1.54) is 0 Å². The first-order valence-corrected chi connectivity index (χ1v) is 6.46. The van der Waals surface area contributed by atoms with E-state index in [1.807, 2.05) is 42.2 Å². The Morgan fingerprint density at radius 1 is 1.33 bits per heavy atom. The molecule has 1 aliphatic heterocycles. The zero-order valence-electron chi connectivity index (χ0n) is 11.3. The van der Waals surface area contributed by atoms with Crippen molar-refractivity contribution in [3.05, 3.63) is 35.9 Å². The van der Waals surface area contributed by atoms with Gasteiger partial charge in [0.1, 0.15) is 0 Å². The normalized spacial score (nSPS) is 22.3. The van der Waals surface area contributed by atoms with Gasteiger partial charge in [-0.15, -0.1) is 0 Å². The Morgan fingerprint density at radius 3 is 2.44 bits per heavy atom. The molecular formula is C15H21NO2. The Bertz CT molecular complexity index is 422. The minimum Gasteiger partial charge on any atom is -0.390 e. The van der Waals surface area contributed by atoms with Gasteiger partial charge in [-0.3, -0.25) is 4.79 Å². The smallest absolute Gasteiger partial charge is 0.223 e. The highest BCUT2D eigenvalue weighted by molar-refractivity contribution is 5.79. The standard InChI is InChI=1S/C15H21NO2/c1-11(12-7-5-4-6-8-12)16-10-13(9-14(16)17)15(2,3)18/h4-8,11,13,18H,9-10H2,1-3H3/t11?,13-/m0/s1. The maximum Gasteiger partial charge on any atom is 0.223 e. The summed E-state index contributed by atoms with van der Waals surface area (Å²) in [6, 6.07) is 10.1. The van der Waals surface area contributed by atoms with Crippen LogP contribution in [0, 0.1) is 5.92 Å². The molecule has 0 spiro atoms. The second-order valence-electron chi connectivity index (χ2n) is 5.69. The minimum absolute atomic E-state index is 0.0242. The number of rotatable bonds is 3. The van der Waals surface area contributed by atoms with Gasteiger partial charge in [0.05, 0.1) is 11.6 Å². The number of hydrogen-bond acceptors (Lipinski definition) is 2. The van der Waals surface area contributed by atoms with Crippen LogP contribution in [0.25, 0.3) is 0 Å². The first kappa shape index (κ1) is 13.1. The van der Waals surface area contributed by atoms with Gasteiger partial charge in [0.15, 0.2) is 0 Å². The first-order valence-electron chi connectivity index (χ1n) is 6.46. The second-order valence-corrected chi connectivity index (χ2v) is 5.69. The van der Waals surface area contributed by atoms with Crippen LogP contribution >= 0.6 is 0 Å². The van der Waals surface area contributed by atoms with Crippen molar-refractivity contribution in [1.82, 2.24) is 4.90 Å². The monoisotopic (exact) mass is 247 g/mol. The van der Waals surface area contributed by atoms with E-state index >= 15 is 0 Å². The largest absolute Gasteiger partial charge is 0.390 e. The Kier molecular flexibility index (Phi) is 3.44. The maximum absolute atomic E-state index is 12.1. The molecule has 18 heavy (non-hydrogen) atoms. The van der Waals surface area contributed by atoms with Crippen LogP contribution in [-0.2, 0) is 4.79 Å². The maximum atomic E-state index is 12.1. The van der Waals surface area contributed by atoms with Crippen LogP contribution in [0.1, 0.15) is 38.8 Å². The number of carbonyl (C=O) groups is 1. The molecule has 0 aliphatic carbocycles. The molecule has 2 rings (SSSR count). The van der Waals surface area contributed by atoms with Crippen LogP contribution in [-0.4, -0.2) is 28.1 Å². The van der Waals surface area contributed by atoms with E-state index in [9.17, 15) is 9.90 Å². The number of aliphatic hydroxyl groups is 1. The van der Waals surface area contributed by atoms with Crippen molar-refractivity contribution in [3.63, 3.8) is 0 Å². The molecule has 2 atom stereocenters. The number of hydrogen-bond donors (Lipinski definition) is 1. The lowest BCUT2D eigenvalue weighted by Crippen LogP contribution is -2.34. The lowest BCUT2D eigenvalue weighted by molar-refractivity contribution is -0.129. The molecule has 0 radical (unpaired) electrons. The molecule has 1 unspecified atom stereocenters. The summed E-state index contributed by atoms with van der Waals surface area (Å²) in [5, 5.41) is 10.0. The Balaban J connectivity index is 2.13. The molecule has 98 valence electrons. The van der Waals surface area contributed by atoms with E-state index in [0.29, 0.717) is 13.0 Å².